The fourth-order valence-corrected chi connectivity index (χ4v) is 4.65. The lowest BCUT2D eigenvalue weighted by molar-refractivity contribution is 0.0960. The maximum atomic E-state index is 12.1. The minimum Gasteiger partial charge on any atom is -0.396 e. The number of carbonyl (C=O) groups excluding carboxylic acids is 1. The third kappa shape index (κ3) is 3.23. The van der Waals surface area contributed by atoms with Crippen LogP contribution in [0.5, 0.6) is 0 Å². The molecule has 6 heteroatoms. The second-order valence-electron chi connectivity index (χ2n) is 4.94. The van der Waals surface area contributed by atoms with Gasteiger partial charge >= 0.3 is 0 Å². The quantitative estimate of drug-likeness (QED) is 0.838. The Morgan fingerprint density at radius 1 is 1.35 bits per heavy atom. The predicted octanol–water partition coefficient (Wildman–Crippen LogP) is 3.18. The Hall–Kier alpha value is -0.880. The summed E-state index contributed by atoms with van der Waals surface area (Å²) in [6, 6.07) is 0. The number of anilines is 2. The Morgan fingerprint density at radius 3 is 2.55 bits per heavy atom. The minimum absolute atomic E-state index is 0.0497. The van der Waals surface area contributed by atoms with Crippen molar-refractivity contribution in [2.45, 2.75) is 37.5 Å². The van der Waals surface area contributed by atoms with Crippen LogP contribution in [-0.4, -0.2) is 31.8 Å². The van der Waals surface area contributed by atoms with Crippen molar-refractivity contribution in [3.05, 3.63) is 4.88 Å². The Labute approximate surface area is 129 Å². The van der Waals surface area contributed by atoms with E-state index >= 15 is 0 Å². The molecule has 0 spiro atoms. The van der Waals surface area contributed by atoms with E-state index < -0.39 is 0 Å². The van der Waals surface area contributed by atoms with Crippen LogP contribution in [0.3, 0.4) is 0 Å². The molecule has 1 saturated heterocycles. The molecule has 0 atom stereocenters. The smallest absolute Gasteiger partial charge is 0.263 e. The van der Waals surface area contributed by atoms with Crippen molar-refractivity contribution in [3.8, 4) is 0 Å². The number of hydrogen-bond acceptors (Lipinski definition) is 5. The third-order valence-corrected chi connectivity index (χ3v) is 5.74. The molecule has 1 aliphatic rings. The van der Waals surface area contributed by atoms with Crippen molar-refractivity contribution < 1.29 is 4.79 Å². The van der Waals surface area contributed by atoms with Gasteiger partial charge in [0.25, 0.3) is 5.91 Å². The summed E-state index contributed by atoms with van der Waals surface area (Å²) in [4.78, 5) is 16.2. The Morgan fingerprint density at radius 2 is 2.00 bits per heavy atom. The monoisotopic (exact) mass is 313 g/mol. The van der Waals surface area contributed by atoms with Gasteiger partial charge in [-0.05, 0) is 26.0 Å². The van der Waals surface area contributed by atoms with E-state index in [1.807, 2.05) is 13.2 Å². The molecule has 0 radical (unpaired) electrons. The zero-order valence-electron chi connectivity index (χ0n) is 12.2. The van der Waals surface area contributed by atoms with Crippen LogP contribution in [0.4, 0.5) is 10.7 Å². The number of nitrogens with zero attached hydrogens (tertiary/aromatic N) is 1. The van der Waals surface area contributed by atoms with Gasteiger partial charge in [-0.3, -0.25) is 4.79 Å². The van der Waals surface area contributed by atoms with Gasteiger partial charge in [-0.15, -0.1) is 23.1 Å². The van der Waals surface area contributed by atoms with Crippen LogP contribution in [0.15, 0.2) is 4.90 Å². The number of hydrogen-bond donors (Lipinski definition) is 2. The third-order valence-electron chi connectivity index (χ3n) is 3.52. The summed E-state index contributed by atoms with van der Waals surface area (Å²) in [5.74, 6) is -0.0497. The Balaban J connectivity index is 2.31. The molecule has 1 fully saturated rings. The zero-order valence-corrected chi connectivity index (χ0v) is 13.8. The van der Waals surface area contributed by atoms with E-state index in [2.05, 4.69) is 10.2 Å². The molecule has 3 N–H and O–H groups in total. The number of nitrogen functional groups attached to an aromatic ring is 1. The average Bonchev–Trinajstić information content (AvgIpc) is 2.63. The number of carbonyl (C=O) groups is 1. The highest BCUT2D eigenvalue weighted by Gasteiger charge is 2.24. The largest absolute Gasteiger partial charge is 0.396 e. The molecule has 112 valence electrons. The van der Waals surface area contributed by atoms with Crippen molar-refractivity contribution >= 4 is 39.7 Å². The van der Waals surface area contributed by atoms with Gasteiger partial charge in [-0.25, -0.2) is 0 Å². The van der Waals surface area contributed by atoms with E-state index in [-0.39, 0.29) is 5.91 Å². The number of thioether (sulfide) groups is 1. The molecule has 0 unspecified atom stereocenters. The van der Waals surface area contributed by atoms with E-state index in [4.69, 9.17) is 5.73 Å². The van der Waals surface area contributed by atoms with E-state index in [1.165, 1.54) is 30.7 Å². The summed E-state index contributed by atoms with van der Waals surface area (Å²) >= 11 is 3.19. The molecule has 1 amide bonds. The summed E-state index contributed by atoms with van der Waals surface area (Å²) < 4.78 is 0. The maximum absolute atomic E-state index is 12.1. The van der Waals surface area contributed by atoms with Gasteiger partial charge in [0, 0.05) is 19.6 Å². The standard InChI is InChI=1S/C14H23N3OS2/c1-3-16-13(18)11-10(15)12(19-2)14(20-11)17-8-6-4-5-7-9-17/h3-9,15H2,1-2H3,(H,16,18). The van der Waals surface area contributed by atoms with Gasteiger partial charge in [0.15, 0.2) is 0 Å². The van der Waals surface area contributed by atoms with Crippen molar-refractivity contribution in [2.24, 2.45) is 0 Å². The van der Waals surface area contributed by atoms with E-state index in [0.29, 0.717) is 17.1 Å². The first-order valence-corrected chi connectivity index (χ1v) is 9.22. The molecule has 4 nitrogen and oxygen atoms in total. The van der Waals surface area contributed by atoms with Gasteiger partial charge in [0.1, 0.15) is 9.88 Å². The summed E-state index contributed by atoms with van der Waals surface area (Å²) in [7, 11) is 0. The molecule has 1 aliphatic heterocycles. The fraction of sp³-hybridized carbons (Fsp3) is 0.643. The molecule has 0 aliphatic carbocycles. The van der Waals surface area contributed by atoms with Crippen LogP contribution in [0.1, 0.15) is 42.3 Å². The highest BCUT2D eigenvalue weighted by Crippen LogP contribution is 2.44. The highest BCUT2D eigenvalue weighted by atomic mass is 32.2. The van der Waals surface area contributed by atoms with E-state index in [1.54, 1.807) is 23.1 Å². The van der Waals surface area contributed by atoms with Crippen LogP contribution in [-0.2, 0) is 0 Å². The van der Waals surface area contributed by atoms with Crippen molar-refractivity contribution in [1.29, 1.82) is 0 Å². The summed E-state index contributed by atoms with van der Waals surface area (Å²) in [6.07, 6.45) is 7.08. The number of thiophene rings is 1. The van der Waals surface area contributed by atoms with Crippen LogP contribution < -0.4 is 16.0 Å². The second kappa shape index (κ2) is 7.22. The van der Waals surface area contributed by atoms with E-state index in [9.17, 15) is 4.79 Å². The first-order chi connectivity index (χ1) is 9.69. The van der Waals surface area contributed by atoms with Gasteiger partial charge in [-0.1, -0.05) is 12.8 Å². The van der Waals surface area contributed by atoms with Gasteiger partial charge < -0.3 is 16.0 Å². The second-order valence-corrected chi connectivity index (χ2v) is 6.76. The molecular weight excluding hydrogens is 290 g/mol. The summed E-state index contributed by atoms with van der Waals surface area (Å²) in [5, 5.41) is 4.03. The lowest BCUT2D eigenvalue weighted by Gasteiger charge is -2.21. The predicted molar refractivity (Wildman–Crippen MR) is 89.2 cm³/mol. The van der Waals surface area contributed by atoms with Crippen molar-refractivity contribution in [1.82, 2.24) is 5.32 Å². The molecule has 0 saturated carbocycles. The highest BCUT2D eigenvalue weighted by molar-refractivity contribution is 7.99. The van der Waals surface area contributed by atoms with Crippen LogP contribution in [0.2, 0.25) is 0 Å². The topological polar surface area (TPSA) is 58.4 Å². The molecule has 20 heavy (non-hydrogen) atoms. The van der Waals surface area contributed by atoms with Crippen molar-refractivity contribution in [2.75, 3.05) is 36.5 Å². The normalized spacial score (nSPS) is 16.0. The van der Waals surface area contributed by atoms with Gasteiger partial charge in [0.2, 0.25) is 0 Å². The maximum Gasteiger partial charge on any atom is 0.263 e. The number of nitrogens with two attached hydrogens (primary N) is 1. The van der Waals surface area contributed by atoms with Gasteiger partial charge in [0.05, 0.1) is 10.6 Å². The van der Waals surface area contributed by atoms with Crippen LogP contribution in [0, 0.1) is 0 Å². The molecule has 2 rings (SSSR count). The van der Waals surface area contributed by atoms with Crippen LogP contribution in [0.25, 0.3) is 0 Å². The number of rotatable bonds is 4. The first kappa shape index (κ1) is 15.5. The molecular formula is C14H23N3OS2. The average molecular weight is 313 g/mol. The zero-order chi connectivity index (χ0) is 14.5. The lowest BCUT2D eigenvalue weighted by atomic mass is 10.2. The number of amides is 1. The molecule has 0 bridgehead atoms. The minimum atomic E-state index is -0.0497. The first-order valence-electron chi connectivity index (χ1n) is 7.18. The van der Waals surface area contributed by atoms with Gasteiger partial charge in [-0.2, -0.15) is 0 Å². The van der Waals surface area contributed by atoms with E-state index in [0.717, 1.165) is 18.0 Å². The Bertz CT molecular complexity index is 465. The van der Waals surface area contributed by atoms with Crippen molar-refractivity contribution in [3.63, 3.8) is 0 Å². The summed E-state index contributed by atoms with van der Waals surface area (Å²) in [5.41, 5.74) is 6.84. The Kier molecular flexibility index (Phi) is 5.60. The molecule has 2 heterocycles. The fourth-order valence-electron chi connectivity index (χ4n) is 2.51. The SMILES string of the molecule is CCNC(=O)c1sc(N2CCCCCC2)c(SC)c1N. The lowest BCUT2D eigenvalue weighted by Crippen LogP contribution is -2.23. The summed E-state index contributed by atoms with van der Waals surface area (Å²) in [6.45, 7) is 4.70. The van der Waals surface area contributed by atoms with Crippen LogP contribution >= 0.6 is 23.1 Å². The molecule has 1 aromatic heterocycles. The molecule has 1 aromatic rings. The number of nitrogens with one attached hydrogen (secondary N) is 1. The molecule has 0 aromatic carbocycles.